The zero-order chi connectivity index (χ0) is 12.0. The number of carbonyl (C=O) groups excluding carboxylic acids is 1. The molecule has 4 nitrogen and oxygen atoms in total. The Morgan fingerprint density at radius 3 is 2.56 bits per heavy atom. The van der Waals surface area contributed by atoms with Gasteiger partial charge >= 0.3 is 5.97 Å². The molecule has 4 heteroatoms. The Labute approximate surface area is 95.0 Å². The third kappa shape index (κ3) is 3.64. The minimum atomic E-state index is -1.16. The molecule has 0 aliphatic rings. The summed E-state index contributed by atoms with van der Waals surface area (Å²) in [6, 6.07) is 9.38. The average Bonchev–Trinajstić information content (AvgIpc) is 2.28. The van der Waals surface area contributed by atoms with Crippen molar-refractivity contribution in [2.75, 3.05) is 0 Å². The highest BCUT2D eigenvalue weighted by atomic mass is 16.5. The Balaban J connectivity index is 2.46. The molecular weight excluding hydrogens is 206 g/mol. The Morgan fingerprint density at radius 2 is 2.06 bits per heavy atom. The smallest absolute Gasteiger partial charge is 0.313 e. The number of esters is 1. The fraction of sp³-hybridized carbons (Fsp3) is 0.417. The van der Waals surface area contributed by atoms with Gasteiger partial charge in [-0.2, -0.15) is 0 Å². The van der Waals surface area contributed by atoms with Crippen molar-refractivity contribution in [3.63, 3.8) is 0 Å². The number of rotatable bonds is 5. The molecule has 0 amide bonds. The molecule has 0 aliphatic carbocycles. The van der Waals surface area contributed by atoms with Crippen molar-refractivity contribution in [1.29, 1.82) is 0 Å². The first-order valence-corrected chi connectivity index (χ1v) is 5.29. The van der Waals surface area contributed by atoms with E-state index in [0.29, 0.717) is 6.42 Å². The predicted molar refractivity (Wildman–Crippen MR) is 60.2 cm³/mol. The lowest BCUT2D eigenvalue weighted by Crippen LogP contribution is -2.35. The summed E-state index contributed by atoms with van der Waals surface area (Å²) >= 11 is 0. The van der Waals surface area contributed by atoms with Crippen LogP contribution in [0.4, 0.5) is 0 Å². The van der Waals surface area contributed by atoms with Gasteiger partial charge in [-0.15, -0.1) is 0 Å². The Morgan fingerprint density at radius 1 is 1.44 bits per heavy atom. The highest BCUT2D eigenvalue weighted by Gasteiger charge is 2.23. The van der Waals surface area contributed by atoms with E-state index in [9.17, 15) is 4.79 Å². The van der Waals surface area contributed by atoms with E-state index in [1.165, 1.54) is 0 Å². The van der Waals surface area contributed by atoms with Crippen LogP contribution >= 0.6 is 0 Å². The number of carbonyl (C=O) groups is 1. The van der Waals surface area contributed by atoms with Gasteiger partial charge in [0, 0.05) is 0 Å². The van der Waals surface area contributed by atoms with Crippen LogP contribution in [0, 0.1) is 5.92 Å². The minimum absolute atomic E-state index is 0.211. The second kappa shape index (κ2) is 6.25. The van der Waals surface area contributed by atoms with Gasteiger partial charge in [0.25, 0.3) is 0 Å². The molecule has 1 aromatic rings. The summed E-state index contributed by atoms with van der Waals surface area (Å²) in [6.45, 7) is 1.99. The van der Waals surface area contributed by atoms with Gasteiger partial charge < -0.3 is 15.6 Å². The first-order chi connectivity index (χ1) is 7.65. The largest absolute Gasteiger partial charge is 0.460 e. The van der Waals surface area contributed by atoms with E-state index in [2.05, 4.69) is 0 Å². The van der Waals surface area contributed by atoms with Crippen LogP contribution in [0.15, 0.2) is 30.3 Å². The van der Waals surface area contributed by atoms with Crippen molar-refractivity contribution in [3.8, 4) is 0 Å². The number of hydrogen-bond acceptors (Lipinski definition) is 4. The van der Waals surface area contributed by atoms with E-state index in [1.807, 2.05) is 30.3 Å². The van der Waals surface area contributed by atoms with Crippen molar-refractivity contribution < 1.29 is 14.6 Å². The summed E-state index contributed by atoms with van der Waals surface area (Å²) in [5, 5.41) is 9.16. The fourth-order valence-corrected chi connectivity index (χ4v) is 1.38. The van der Waals surface area contributed by atoms with Gasteiger partial charge in [0.05, 0.1) is 5.92 Å². The number of hydrogen-bond donors (Lipinski definition) is 2. The fourth-order valence-electron chi connectivity index (χ4n) is 1.38. The van der Waals surface area contributed by atoms with E-state index < -0.39 is 18.1 Å². The second-order valence-electron chi connectivity index (χ2n) is 3.60. The molecule has 0 spiro atoms. The maximum Gasteiger partial charge on any atom is 0.313 e. The SMILES string of the molecule is CCC(C(=O)OCc1ccccc1)C(N)O. The van der Waals surface area contributed by atoms with Gasteiger partial charge in [-0.25, -0.2) is 0 Å². The zero-order valence-electron chi connectivity index (χ0n) is 9.30. The predicted octanol–water partition coefficient (Wildman–Crippen LogP) is 1.03. The van der Waals surface area contributed by atoms with E-state index in [-0.39, 0.29) is 6.61 Å². The van der Waals surface area contributed by atoms with Crippen LogP contribution in [0.2, 0.25) is 0 Å². The summed E-state index contributed by atoms with van der Waals surface area (Å²) in [7, 11) is 0. The molecule has 0 heterocycles. The van der Waals surface area contributed by atoms with Crippen LogP contribution in [0.5, 0.6) is 0 Å². The van der Waals surface area contributed by atoms with E-state index in [0.717, 1.165) is 5.56 Å². The number of nitrogens with two attached hydrogens (primary N) is 1. The summed E-state index contributed by atoms with van der Waals surface area (Å²) < 4.78 is 5.06. The molecule has 16 heavy (non-hydrogen) atoms. The van der Waals surface area contributed by atoms with Gasteiger partial charge in [0.1, 0.15) is 12.8 Å². The van der Waals surface area contributed by atoms with Gasteiger partial charge in [0.2, 0.25) is 0 Å². The summed E-state index contributed by atoms with van der Waals surface area (Å²) in [6.07, 6.45) is -0.695. The van der Waals surface area contributed by atoms with Crippen LogP contribution in [0.3, 0.4) is 0 Å². The Bertz CT molecular complexity index is 324. The molecule has 0 bridgehead atoms. The van der Waals surface area contributed by atoms with Crippen LogP contribution in [0.1, 0.15) is 18.9 Å². The lowest BCUT2D eigenvalue weighted by atomic mass is 10.1. The van der Waals surface area contributed by atoms with Crippen molar-refractivity contribution in [2.24, 2.45) is 11.7 Å². The molecule has 2 atom stereocenters. The lowest BCUT2D eigenvalue weighted by molar-refractivity contribution is -0.154. The first-order valence-electron chi connectivity index (χ1n) is 5.29. The third-order valence-electron chi connectivity index (χ3n) is 2.38. The van der Waals surface area contributed by atoms with Gasteiger partial charge in [-0.3, -0.25) is 4.79 Å². The average molecular weight is 223 g/mol. The molecule has 0 radical (unpaired) electrons. The Kier molecular flexibility index (Phi) is 4.95. The van der Waals surface area contributed by atoms with Gasteiger partial charge in [-0.05, 0) is 12.0 Å². The highest BCUT2D eigenvalue weighted by molar-refractivity contribution is 5.72. The van der Waals surface area contributed by atoms with Crippen LogP contribution < -0.4 is 5.73 Å². The molecule has 0 aliphatic heterocycles. The molecule has 1 rings (SSSR count). The highest BCUT2D eigenvalue weighted by Crippen LogP contribution is 2.10. The monoisotopic (exact) mass is 223 g/mol. The molecule has 88 valence electrons. The molecular formula is C12H17NO3. The normalized spacial score (nSPS) is 14.2. The molecule has 0 saturated carbocycles. The molecule has 0 saturated heterocycles. The topological polar surface area (TPSA) is 72.5 Å². The van der Waals surface area contributed by atoms with Crippen molar-refractivity contribution >= 4 is 5.97 Å². The Hall–Kier alpha value is -1.39. The number of ether oxygens (including phenoxy) is 1. The van der Waals surface area contributed by atoms with E-state index in [1.54, 1.807) is 6.92 Å². The number of aliphatic hydroxyl groups excluding tert-OH is 1. The zero-order valence-corrected chi connectivity index (χ0v) is 9.30. The van der Waals surface area contributed by atoms with Crippen molar-refractivity contribution in [1.82, 2.24) is 0 Å². The van der Waals surface area contributed by atoms with Crippen molar-refractivity contribution in [2.45, 2.75) is 26.2 Å². The summed E-state index contributed by atoms with van der Waals surface area (Å²) in [5.74, 6) is -1.11. The van der Waals surface area contributed by atoms with Gasteiger partial charge in [-0.1, -0.05) is 37.3 Å². The maximum atomic E-state index is 11.5. The summed E-state index contributed by atoms with van der Waals surface area (Å²) in [5.41, 5.74) is 6.19. The quantitative estimate of drug-likeness (QED) is 0.577. The molecule has 3 N–H and O–H groups in total. The van der Waals surface area contributed by atoms with E-state index in [4.69, 9.17) is 15.6 Å². The molecule has 1 aromatic carbocycles. The molecule has 2 unspecified atom stereocenters. The third-order valence-corrected chi connectivity index (χ3v) is 2.38. The maximum absolute atomic E-state index is 11.5. The number of benzene rings is 1. The van der Waals surface area contributed by atoms with Crippen molar-refractivity contribution in [3.05, 3.63) is 35.9 Å². The van der Waals surface area contributed by atoms with Gasteiger partial charge in [0.15, 0.2) is 0 Å². The summed E-state index contributed by atoms with van der Waals surface area (Å²) in [4.78, 5) is 11.5. The number of aliphatic hydroxyl groups is 1. The lowest BCUT2D eigenvalue weighted by Gasteiger charge is -2.16. The standard InChI is InChI=1S/C12H17NO3/c1-2-10(11(13)14)12(15)16-8-9-6-4-3-5-7-9/h3-7,10-11,14H,2,8,13H2,1H3. The molecule has 0 fully saturated rings. The minimum Gasteiger partial charge on any atom is -0.460 e. The van der Waals surface area contributed by atoms with Crippen LogP contribution in [-0.4, -0.2) is 17.3 Å². The second-order valence-corrected chi connectivity index (χ2v) is 3.60. The van der Waals surface area contributed by atoms with Crippen LogP contribution in [-0.2, 0) is 16.1 Å². The van der Waals surface area contributed by atoms with Crippen LogP contribution in [0.25, 0.3) is 0 Å². The van der Waals surface area contributed by atoms with E-state index >= 15 is 0 Å². The molecule has 0 aromatic heterocycles. The first kappa shape index (κ1) is 12.7.